The summed E-state index contributed by atoms with van der Waals surface area (Å²) in [7, 11) is 0. The molecule has 29 heavy (non-hydrogen) atoms. The fraction of sp³-hybridized carbons (Fsp3) is 0.462. The molecule has 0 spiro atoms. The minimum atomic E-state index is 0. The van der Waals surface area contributed by atoms with Gasteiger partial charge in [-0.25, -0.2) is 0 Å². The van der Waals surface area contributed by atoms with Gasteiger partial charge in [0.05, 0.1) is 13.1 Å². The van der Waals surface area contributed by atoms with E-state index in [0.717, 1.165) is 18.6 Å². The minimum absolute atomic E-state index is 0. The van der Waals surface area contributed by atoms with E-state index in [4.69, 9.17) is 12.8 Å². The summed E-state index contributed by atoms with van der Waals surface area (Å²) in [5.41, 5.74) is 4.62. The molecule has 0 atom stereocenters. The van der Waals surface area contributed by atoms with Gasteiger partial charge in [0.1, 0.15) is 0 Å². The van der Waals surface area contributed by atoms with Crippen molar-refractivity contribution in [1.29, 1.82) is 0 Å². The first-order chi connectivity index (χ1) is 13.5. The summed E-state index contributed by atoms with van der Waals surface area (Å²) in [5.74, 6) is 4.93. The second kappa shape index (κ2) is 28.2. The van der Waals surface area contributed by atoms with Gasteiger partial charge >= 0.3 is 0 Å². The van der Waals surface area contributed by atoms with Gasteiger partial charge in [-0.1, -0.05) is 81.9 Å². The summed E-state index contributed by atoms with van der Waals surface area (Å²) >= 11 is 0. The number of nitrogens with zero attached hydrogens (tertiary/aromatic N) is 2. The second-order valence-corrected chi connectivity index (χ2v) is 5.54. The Kier molecular flexibility index (Phi) is 33.4. The Balaban J connectivity index is -0.000000584. The van der Waals surface area contributed by atoms with Crippen LogP contribution in [0, 0.1) is 24.7 Å². The van der Waals surface area contributed by atoms with Crippen molar-refractivity contribution in [3.63, 3.8) is 0 Å². The van der Waals surface area contributed by atoms with E-state index in [1.165, 1.54) is 16.9 Å². The Labute approximate surface area is 192 Å². The quantitative estimate of drug-likeness (QED) is 0.158. The summed E-state index contributed by atoms with van der Waals surface area (Å²) in [6.07, 6.45) is 23.2. The Hall–Kier alpha value is -2.06. The zero-order valence-corrected chi connectivity index (χ0v) is 20.6. The first-order valence-corrected chi connectivity index (χ1v) is 10.1. The molecule has 0 heterocycles. The van der Waals surface area contributed by atoms with Crippen LogP contribution < -0.4 is 0 Å². The SMILES string of the molecule is C#C/C=C\C=C(\C)CN=C(C)CC(CC)=NC/C(C)=C\C=C/C#C.CC.CC.[Cu]. The van der Waals surface area contributed by atoms with Crippen LogP contribution in [0.1, 0.15) is 68.2 Å². The fourth-order valence-electron chi connectivity index (χ4n) is 1.78. The van der Waals surface area contributed by atoms with E-state index < -0.39 is 0 Å². The van der Waals surface area contributed by atoms with Crippen molar-refractivity contribution in [2.24, 2.45) is 9.98 Å². The van der Waals surface area contributed by atoms with Crippen molar-refractivity contribution in [3.05, 3.63) is 47.6 Å². The van der Waals surface area contributed by atoms with E-state index in [2.05, 4.69) is 35.7 Å². The van der Waals surface area contributed by atoms with Gasteiger partial charge in [0.15, 0.2) is 0 Å². The second-order valence-electron chi connectivity index (χ2n) is 5.54. The topological polar surface area (TPSA) is 24.7 Å². The van der Waals surface area contributed by atoms with Gasteiger partial charge in [-0.3, -0.25) is 9.98 Å². The van der Waals surface area contributed by atoms with Crippen LogP contribution in [0.25, 0.3) is 0 Å². The van der Waals surface area contributed by atoms with Crippen LogP contribution >= 0.6 is 0 Å². The van der Waals surface area contributed by atoms with E-state index >= 15 is 0 Å². The first-order valence-electron chi connectivity index (χ1n) is 10.1. The molecule has 0 saturated carbocycles. The summed E-state index contributed by atoms with van der Waals surface area (Å²) in [5, 5.41) is 0. The van der Waals surface area contributed by atoms with Crippen LogP contribution in [0.5, 0.6) is 0 Å². The number of aliphatic imine (C=N–C) groups is 2. The van der Waals surface area contributed by atoms with Crippen LogP contribution in [0.3, 0.4) is 0 Å². The minimum Gasteiger partial charge on any atom is -0.290 e. The van der Waals surface area contributed by atoms with Gasteiger partial charge in [-0.15, -0.1) is 12.8 Å². The summed E-state index contributed by atoms with van der Waals surface area (Å²) in [4.78, 5) is 9.30. The molecule has 0 bridgehead atoms. The molecule has 1 radical (unpaired) electrons. The molecule has 0 aliphatic carbocycles. The molecule has 3 heteroatoms. The standard InChI is InChI=1S/C22H28N2.2C2H6.Cu/c1-7-10-12-14-19(4)17-23-21(6)16-22(9-3)24-18-20(5)15-13-11-8-2;2*1-2;/h1-2,10-15H,9,16-18H2,3-6H3;2*1-2H3;/b12-10-,13-11-,19-14-,20-15-,23-21?,24-22?;;;. The Morgan fingerprint density at radius 1 is 0.793 bits per heavy atom. The van der Waals surface area contributed by atoms with Gasteiger partial charge in [-0.05, 0) is 39.3 Å². The molecule has 0 aromatic rings. The Morgan fingerprint density at radius 3 is 1.59 bits per heavy atom. The number of rotatable bonds is 9. The number of allylic oxidation sites excluding steroid dienone is 6. The van der Waals surface area contributed by atoms with Gasteiger partial charge < -0.3 is 0 Å². The van der Waals surface area contributed by atoms with Crippen LogP contribution in [-0.4, -0.2) is 24.5 Å². The predicted octanol–water partition coefficient (Wildman–Crippen LogP) is 7.01. The summed E-state index contributed by atoms with van der Waals surface area (Å²) in [6.45, 7) is 17.7. The van der Waals surface area contributed by atoms with E-state index in [9.17, 15) is 0 Å². The molecule has 0 aliphatic heterocycles. The molecule has 0 unspecified atom stereocenters. The normalized spacial score (nSPS) is 12.2. The maximum atomic E-state index is 5.17. The van der Waals surface area contributed by atoms with E-state index in [1.54, 1.807) is 12.2 Å². The Morgan fingerprint density at radius 2 is 1.21 bits per heavy atom. The zero-order valence-electron chi connectivity index (χ0n) is 19.6. The number of terminal acetylenes is 2. The fourth-order valence-corrected chi connectivity index (χ4v) is 1.78. The summed E-state index contributed by atoms with van der Waals surface area (Å²) in [6, 6.07) is 0. The van der Waals surface area contributed by atoms with Crippen LogP contribution in [0.15, 0.2) is 57.6 Å². The first kappa shape index (κ1) is 34.4. The summed E-state index contributed by atoms with van der Waals surface area (Å²) < 4.78 is 0. The van der Waals surface area contributed by atoms with Crippen LogP contribution in [0.4, 0.5) is 0 Å². The largest absolute Gasteiger partial charge is 0.290 e. The van der Waals surface area contributed by atoms with E-state index in [1.807, 2.05) is 65.8 Å². The van der Waals surface area contributed by atoms with Crippen LogP contribution in [-0.2, 0) is 17.1 Å². The van der Waals surface area contributed by atoms with E-state index in [0.29, 0.717) is 13.1 Å². The molecule has 0 N–H and O–H groups in total. The van der Waals surface area contributed by atoms with Crippen molar-refractivity contribution in [1.82, 2.24) is 0 Å². The molecule has 0 fully saturated rings. The molecular weight excluding hydrogens is 404 g/mol. The van der Waals surface area contributed by atoms with Gasteiger partial charge in [0, 0.05) is 34.9 Å². The van der Waals surface area contributed by atoms with Gasteiger partial charge in [0.25, 0.3) is 0 Å². The molecule has 0 saturated heterocycles. The van der Waals surface area contributed by atoms with Crippen molar-refractivity contribution in [3.8, 4) is 24.7 Å². The Bertz CT molecular complexity index is 645. The third-order valence-electron chi connectivity index (χ3n) is 3.16. The van der Waals surface area contributed by atoms with Gasteiger partial charge in [0.2, 0.25) is 0 Å². The van der Waals surface area contributed by atoms with Crippen molar-refractivity contribution in [2.75, 3.05) is 13.1 Å². The molecule has 0 aromatic heterocycles. The maximum absolute atomic E-state index is 5.17. The molecule has 2 nitrogen and oxygen atoms in total. The van der Waals surface area contributed by atoms with E-state index in [-0.39, 0.29) is 17.1 Å². The van der Waals surface area contributed by atoms with Gasteiger partial charge in [-0.2, -0.15) is 0 Å². The van der Waals surface area contributed by atoms with Crippen molar-refractivity contribution in [2.45, 2.75) is 68.2 Å². The average molecular weight is 444 g/mol. The van der Waals surface area contributed by atoms with Crippen molar-refractivity contribution >= 4 is 11.4 Å². The molecule has 0 amide bonds. The molecule has 0 aliphatic rings. The molecule has 165 valence electrons. The molecule has 0 rings (SSSR count). The smallest absolute Gasteiger partial charge is 0.0599 e. The number of hydrogen-bond donors (Lipinski definition) is 0. The third kappa shape index (κ3) is 25.9. The third-order valence-corrected chi connectivity index (χ3v) is 3.16. The average Bonchev–Trinajstić information content (AvgIpc) is 2.73. The monoisotopic (exact) mass is 443 g/mol. The molecular formula is C26H40CuN2. The maximum Gasteiger partial charge on any atom is 0.0599 e. The zero-order chi connectivity index (χ0) is 22.2. The van der Waals surface area contributed by atoms with Crippen LogP contribution in [0.2, 0.25) is 0 Å². The molecule has 0 aromatic carbocycles. The predicted molar refractivity (Wildman–Crippen MR) is 131 cm³/mol. The number of hydrogen-bond acceptors (Lipinski definition) is 2. The van der Waals surface area contributed by atoms with Crippen molar-refractivity contribution < 1.29 is 17.1 Å².